The number of amidine groups is 1. The van der Waals surface area contributed by atoms with Crippen molar-refractivity contribution in [2.24, 2.45) is 11.5 Å². The predicted octanol–water partition coefficient (Wildman–Crippen LogP) is -3.19. The molecule has 4 fully saturated rings. The molecule has 2 saturated carbocycles. The first-order valence-electron chi connectivity index (χ1n) is 14.0. The zero-order chi connectivity index (χ0) is 28.5. The number of hydrogen-bond acceptors (Lipinski definition) is 13. The van der Waals surface area contributed by atoms with Gasteiger partial charge in [-0.3, -0.25) is 5.41 Å². The summed E-state index contributed by atoms with van der Waals surface area (Å²) in [5, 5.41) is 61.1. The standard InChI is InChI=1S/C25H48N6O8/c1-4-30-10-12-5-6-13(26)21(37-12)38-18-14(27)9-15(31-23(28)25(35)7-8-25)19(16(18)32)39-22-17(33)20(29-3)24(2,34)11-36-22/h12-22,29-30,32-35H,4-11,26-27H2,1-3H3,(H2,28,31)/t12-,13?,14-,15+,16?,17?,18?,19?,20+,21+,22+,24?/m0/s1. The largest absolute Gasteiger partial charge is 0.388 e. The molecule has 0 spiro atoms. The van der Waals surface area contributed by atoms with Crippen LogP contribution in [0.5, 0.6) is 0 Å². The molecule has 14 nitrogen and oxygen atoms in total. The second-order valence-electron chi connectivity index (χ2n) is 11.7. The minimum atomic E-state index is -1.35. The second kappa shape index (κ2) is 12.5. The Morgan fingerprint density at radius 2 is 1.74 bits per heavy atom. The van der Waals surface area contributed by atoms with Gasteiger partial charge < -0.3 is 66.8 Å². The van der Waals surface area contributed by atoms with Gasteiger partial charge in [0.25, 0.3) is 0 Å². The predicted molar refractivity (Wildman–Crippen MR) is 141 cm³/mol. The Morgan fingerprint density at radius 3 is 2.38 bits per heavy atom. The van der Waals surface area contributed by atoms with E-state index in [1.165, 1.54) is 0 Å². The summed E-state index contributed by atoms with van der Waals surface area (Å²) < 4.78 is 24.2. The number of hydrogen-bond donors (Lipinski definition) is 10. The third-order valence-electron chi connectivity index (χ3n) is 8.38. The van der Waals surface area contributed by atoms with E-state index in [0.29, 0.717) is 25.8 Å². The van der Waals surface area contributed by atoms with Crippen molar-refractivity contribution in [3.63, 3.8) is 0 Å². The van der Waals surface area contributed by atoms with E-state index in [1.54, 1.807) is 14.0 Å². The molecule has 4 rings (SSSR count). The third-order valence-corrected chi connectivity index (χ3v) is 8.38. The summed E-state index contributed by atoms with van der Waals surface area (Å²) in [7, 11) is 1.61. The minimum Gasteiger partial charge on any atom is -0.388 e. The molecule has 39 heavy (non-hydrogen) atoms. The van der Waals surface area contributed by atoms with E-state index in [2.05, 4.69) is 16.0 Å². The van der Waals surface area contributed by atoms with E-state index in [-0.39, 0.29) is 25.0 Å². The lowest BCUT2D eigenvalue weighted by Crippen LogP contribution is -2.69. The molecule has 12 N–H and O–H groups in total. The van der Waals surface area contributed by atoms with Crippen molar-refractivity contribution in [1.29, 1.82) is 5.41 Å². The van der Waals surface area contributed by atoms with Crippen molar-refractivity contribution in [2.75, 3.05) is 26.7 Å². The van der Waals surface area contributed by atoms with Crippen LogP contribution in [0.4, 0.5) is 0 Å². The topological polar surface area (TPSA) is 230 Å². The van der Waals surface area contributed by atoms with Crippen LogP contribution in [-0.4, -0.2) is 131 Å². The molecule has 6 unspecified atom stereocenters. The smallest absolute Gasteiger partial charge is 0.185 e. The summed E-state index contributed by atoms with van der Waals surface area (Å²) in [6.07, 6.45) is -4.01. The van der Waals surface area contributed by atoms with Gasteiger partial charge in [0.05, 0.1) is 30.8 Å². The molecule has 2 heterocycles. The number of aliphatic hydroxyl groups is 4. The zero-order valence-corrected chi connectivity index (χ0v) is 23.1. The van der Waals surface area contributed by atoms with Crippen molar-refractivity contribution in [3.8, 4) is 0 Å². The Balaban J connectivity index is 1.51. The Labute approximate surface area is 229 Å². The van der Waals surface area contributed by atoms with Gasteiger partial charge in [0.2, 0.25) is 0 Å². The maximum absolute atomic E-state index is 11.6. The summed E-state index contributed by atoms with van der Waals surface area (Å²) in [5.41, 5.74) is 10.2. The van der Waals surface area contributed by atoms with Gasteiger partial charge in [-0.2, -0.15) is 0 Å². The molecule has 0 aromatic rings. The molecule has 4 aliphatic rings. The van der Waals surface area contributed by atoms with E-state index in [9.17, 15) is 20.4 Å². The maximum Gasteiger partial charge on any atom is 0.185 e. The average molecular weight is 561 g/mol. The van der Waals surface area contributed by atoms with E-state index >= 15 is 0 Å². The number of rotatable bonds is 10. The van der Waals surface area contributed by atoms with E-state index in [1.807, 2.05) is 6.92 Å². The highest BCUT2D eigenvalue weighted by atomic mass is 16.7. The van der Waals surface area contributed by atoms with Crippen molar-refractivity contribution in [3.05, 3.63) is 0 Å². The van der Waals surface area contributed by atoms with Gasteiger partial charge in [-0.25, -0.2) is 0 Å². The van der Waals surface area contributed by atoms with Crippen LogP contribution < -0.4 is 27.4 Å². The molecule has 0 aromatic carbocycles. The van der Waals surface area contributed by atoms with Gasteiger partial charge >= 0.3 is 0 Å². The first kappa shape index (κ1) is 30.9. The molecule has 0 aromatic heterocycles. The number of ether oxygens (including phenoxy) is 4. The Hall–Kier alpha value is -1.01. The first-order chi connectivity index (χ1) is 18.4. The maximum atomic E-state index is 11.6. The van der Waals surface area contributed by atoms with Crippen LogP contribution in [0.3, 0.4) is 0 Å². The van der Waals surface area contributed by atoms with Crippen molar-refractivity contribution >= 4 is 5.84 Å². The molecule has 0 amide bonds. The molecule has 12 atom stereocenters. The highest BCUT2D eigenvalue weighted by Crippen LogP contribution is 2.37. The number of nitrogens with two attached hydrogens (primary N) is 2. The average Bonchev–Trinajstić information content (AvgIpc) is 3.64. The third kappa shape index (κ3) is 6.90. The zero-order valence-electron chi connectivity index (χ0n) is 23.1. The number of aliphatic hydroxyl groups excluding tert-OH is 2. The van der Waals surface area contributed by atoms with Crippen molar-refractivity contribution in [2.45, 2.75) is 124 Å². The quantitative estimate of drug-likeness (QED) is 0.0939. The van der Waals surface area contributed by atoms with E-state index in [0.717, 1.165) is 13.0 Å². The lowest BCUT2D eigenvalue weighted by molar-refractivity contribution is -0.307. The fourth-order valence-corrected chi connectivity index (χ4v) is 5.76. The molecular formula is C25H48N6O8. The van der Waals surface area contributed by atoms with Crippen LogP contribution in [0.25, 0.3) is 0 Å². The lowest BCUT2D eigenvalue weighted by atomic mass is 9.83. The molecule has 14 heteroatoms. The van der Waals surface area contributed by atoms with Crippen molar-refractivity contribution < 1.29 is 39.4 Å². The molecule has 0 radical (unpaired) electrons. The van der Waals surface area contributed by atoms with Crippen LogP contribution in [0.1, 0.15) is 46.0 Å². The van der Waals surface area contributed by atoms with Crippen LogP contribution in [-0.2, 0) is 18.9 Å². The molecule has 2 aliphatic carbocycles. The van der Waals surface area contributed by atoms with Crippen LogP contribution in [0.15, 0.2) is 0 Å². The first-order valence-corrected chi connectivity index (χ1v) is 14.0. The van der Waals surface area contributed by atoms with Gasteiger partial charge in [0.1, 0.15) is 41.5 Å². The minimum absolute atomic E-state index is 0.0788. The van der Waals surface area contributed by atoms with Gasteiger partial charge in [0.15, 0.2) is 12.6 Å². The van der Waals surface area contributed by atoms with Gasteiger partial charge in [-0.1, -0.05) is 6.92 Å². The molecule has 2 saturated heterocycles. The fourth-order valence-electron chi connectivity index (χ4n) is 5.76. The summed E-state index contributed by atoms with van der Waals surface area (Å²) in [6, 6.07) is -2.53. The Kier molecular flexibility index (Phi) is 9.89. The van der Waals surface area contributed by atoms with Gasteiger partial charge in [-0.15, -0.1) is 0 Å². The summed E-state index contributed by atoms with van der Waals surface area (Å²) in [5.74, 6) is -0.0788. The normalized spacial score (nSPS) is 46.0. The van der Waals surface area contributed by atoms with Gasteiger partial charge in [-0.05, 0) is 52.6 Å². The summed E-state index contributed by atoms with van der Waals surface area (Å²) in [4.78, 5) is 0. The fraction of sp³-hybridized carbons (Fsp3) is 0.960. The van der Waals surface area contributed by atoms with Crippen LogP contribution in [0, 0.1) is 5.41 Å². The van der Waals surface area contributed by atoms with Crippen LogP contribution >= 0.6 is 0 Å². The highest BCUT2D eigenvalue weighted by molar-refractivity contribution is 5.90. The SMILES string of the molecule is CCNC[C@@H]1CCC(N)[C@@H](OC2C(O)C(O[C@H]3OCC(C)(O)[C@H](NC)C3O)[C@H](NC(=N)C3(O)CC3)C[C@@H]2N)O1. The molecule has 0 bridgehead atoms. The molecule has 226 valence electrons. The molecular weight excluding hydrogens is 512 g/mol. The lowest BCUT2D eigenvalue weighted by Gasteiger charge is -2.49. The van der Waals surface area contributed by atoms with Crippen LogP contribution in [0.2, 0.25) is 0 Å². The summed E-state index contributed by atoms with van der Waals surface area (Å²) in [6.45, 7) is 4.90. The molecule has 2 aliphatic heterocycles. The number of likely N-dealkylation sites (N-methyl/N-ethyl adjacent to an activating group) is 2. The van der Waals surface area contributed by atoms with Crippen molar-refractivity contribution in [1.82, 2.24) is 16.0 Å². The van der Waals surface area contributed by atoms with E-state index in [4.69, 9.17) is 35.8 Å². The summed E-state index contributed by atoms with van der Waals surface area (Å²) >= 11 is 0. The van der Waals surface area contributed by atoms with E-state index < -0.39 is 72.4 Å². The highest BCUT2D eigenvalue weighted by Gasteiger charge is 2.53. The Morgan fingerprint density at radius 1 is 1.05 bits per heavy atom. The Bertz CT molecular complexity index is 832. The monoisotopic (exact) mass is 560 g/mol. The number of nitrogens with one attached hydrogen (secondary N) is 4. The second-order valence-corrected chi connectivity index (χ2v) is 11.7. The van der Waals surface area contributed by atoms with Gasteiger partial charge in [0, 0.05) is 12.6 Å².